The van der Waals surface area contributed by atoms with E-state index in [9.17, 15) is 0 Å². The smallest absolute Gasteiger partial charge is 0.120 e. The van der Waals surface area contributed by atoms with E-state index in [0.717, 1.165) is 25.3 Å². The lowest BCUT2D eigenvalue weighted by molar-refractivity contribution is 0.187. The van der Waals surface area contributed by atoms with E-state index in [1.807, 2.05) is 0 Å². The van der Waals surface area contributed by atoms with Gasteiger partial charge in [0.05, 0.1) is 6.10 Å². The molecule has 1 fully saturated rings. The maximum atomic E-state index is 6.12. The highest BCUT2D eigenvalue weighted by molar-refractivity contribution is 5.38. The van der Waals surface area contributed by atoms with Crippen molar-refractivity contribution in [2.24, 2.45) is 0 Å². The van der Waals surface area contributed by atoms with Crippen LogP contribution in [0.3, 0.4) is 0 Å². The number of fused-ring (bicyclic) bond motifs is 1. The van der Waals surface area contributed by atoms with Gasteiger partial charge in [-0.2, -0.15) is 0 Å². The fourth-order valence-corrected chi connectivity index (χ4v) is 2.92. The van der Waals surface area contributed by atoms with Gasteiger partial charge in [-0.15, -0.1) is 0 Å². The molecule has 3 rings (SSSR count). The van der Waals surface area contributed by atoms with Gasteiger partial charge in [-0.3, -0.25) is 0 Å². The van der Waals surface area contributed by atoms with Crippen LogP contribution < -0.4 is 10.1 Å². The van der Waals surface area contributed by atoms with Crippen molar-refractivity contribution < 1.29 is 4.74 Å². The van der Waals surface area contributed by atoms with E-state index in [0.29, 0.717) is 6.10 Å². The van der Waals surface area contributed by atoms with Gasteiger partial charge < -0.3 is 10.1 Å². The molecule has 92 valence electrons. The van der Waals surface area contributed by atoms with Crippen LogP contribution in [0.1, 0.15) is 36.8 Å². The second kappa shape index (κ2) is 5.09. The van der Waals surface area contributed by atoms with Crippen LogP contribution in [-0.4, -0.2) is 19.2 Å². The molecule has 2 heteroatoms. The van der Waals surface area contributed by atoms with Gasteiger partial charge in [-0.05, 0) is 74.9 Å². The average molecular weight is 231 g/mol. The van der Waals surface area contributed by atoms with Gasteiger partial charge in [0.15, 0.2) is 0 Å². The third-order valence-corrected chi connectivity index (χ3v) is 3.90. The van der Waals surface area contributed by atoms with Gasteiger partial charge in [0.1, 0.15) is 5.75 Å². The lowest BCUT2D eigenvalue weighted by atomic mass is 10.1. The molecule has 1 atom stereocenters. The van der Waals surface area contributed by atoms with Gasteiger partial charge in [-0.25, -0.2) is 0 Å². The van der Waals surface area contributed by atoms with Crippen LogP contribution in [0.5, 0.6) is 5.75 Å². The SMILES string of the molecule is c1cc2c(cc1OC1CCCNCC1)CCC2. The zero-order valence-electron chi connectivity index (χ0n) is 10.4. The summed E-state index contributed by atoms with van der Waals surface area (Å²) >= 11 is 0. The first-order valence-electron chi connectivity index (χ1n) is 6.91. The largest absolute Gasteiger partial charge is 0.490 e. The first kappa shape index (κ1) is 11.1. The Morgan fingerprint density at radius 3 is 2.94 bits per heavy atom. The summed E-state index contributed by atoms with van der Waals surface area (Å²) in [5.41, 5.74) is 3.04. The summed E-state index contributed by atoms with van der Waals surface area (Å²) < 4.78 is 6.12. The predicted molar refractivity (Wildman–Crippen MR) is 69.6 cm³/mol. The lowest BCUT2D eigenvalue weighted by Gasteiger charge is -2.17. The Bertz CT molecular complexity index is 381. The fourth-order valence-electron chi connectivity index (χ4n) is 2.92. The summed E-state index contributed by atoms with van der Waals surface area (Å²) in [5, 5.41) is 3.42. The molecule has 2 aliphatic rings. The molecule has 1 aliphatic heterocycles. The molecule has 0 bridgehead atoms. The van der Waals surface area contributed by atoms with Crippen LogP contribution in [0.4, 0.5) is 0 Å². The van der Waals surface area contributed by atoms with Gasteiger partial charge in [0.25, 0.3) is 0 Å². The molecule has 1 N–H and O–H groups in total. The second-order valence-corrected chi connectivity index (χ2v) is 5.20. The Kier molecular flexibility index (Phi) is 3.32. The maximum absolute atomic E-state index is 6.12. The van der Waals surface area contributed by atoms with E-state index in [2.05, 4.69) is 23.5 Å². The van der Waals surface area contributed by atoms with Crippen molar-refractivity contribution in [3.05, 3.63) is 29.3 Å². The average Bonchev–Trinajstić information content (AvgIpc) is 2.65. The van der Waals surface area contributed by atoms with Crippen molar-refractivity contribution >= 4 is 0 Å². The molecule has 0 amide bonds. The number of aryl methyl sites for hydroxylation is 2. The van der Waals surface area contributed by atoms with Crippen LogP contribution in [-0.2, 0) is 12.8 Å². The maximum Gasteiger partial charge on any atom is 0.120 e. The highest BCUT2D eigenvalue weighted by atomic mass is 16.5. The molecule has 2 nitrogen and oxygen atoms in total. The summed E-state index contributed by atoms with van der Waals surface area (Å²) in [5.74, 6) is 1.08. The minimum atomic E-state index is 0.407. The topological polar surface area (TPSA) is 21.3 Å². The number of hydrogen-bond acceptors (Lipinski definition) is 2. The molecular weight excluding hydrogens is 210 g/mol. The molecule has 0 radical (unpaired) electrons. The van der Waals surface area contributed by atoms with Crippen molar-refractivity contribution in [2.75, 3.05) is 13.1 Å². The Morgan fingerprint density at radius 2 is 1.94 bits per heavy atom. The Hall–Kier alpha value is -1.02. The molecule has 0 aromatic heterocycles. The number of ether oxygens (including phenoxy) is 1. The molecule has 1 saturated heterocycles. The van der Waals surface area contributed by atoms with Gasteiger partial charge in [0, 0.05) is 0 Å². The molecule has 1 aromatic rings. The normalized spacial score (nSPS) is 24.1. The monoisotopic (exact) mass is 231 g/mol. The summed E-state index contributed by atoms with van der Waals surface area (Å²) in [6, 6.07) is 6.68. The standard InChI is InChI=1S/C15H21NO/c1-3-12-6-7-15(11-13(12)4-1)17-14-5-2-9-16-10-8-14/h6-7,11,14,16H,1-5,8-10H2. The number of hydrogen-bond donors (Lipinski definition) is 1. The van der Waals surface area contributed by atoms with E-state index >= 15 is 0 Å². The van der Waals surface area contributed by atoms with Gasteiger partial charge in [0.2, 0.25) is 0 Å². The van der Waals surface area contributed by atoms with Crippen molar-refractivity contribution in [1.82, 2.24) is 5.32 Å². The first-order chi connectivity index (χ1) is 8.42. The van der Waals surface area contributed by atoms with Crippen LogP contribution in [0.2, 0.25) is 0 Å². The zero-order chi connectivity index (χ0) is 11.5. The molecule has 1 heterocycles. The second-order valence-electron chi connectivity index (χ2n) is 5.20. The summed E-state index contributed by atoms with van der Waals surface area (Å²) in [6.07, 6.45) is 7.76. The molecular formula is C15H21NO. The highest BCUT2D eigenvalue weighted by Crippen LogP contribution is 2.27. The highest BCUT2D eigenvalue weighted by Gasteiger charge is 2.15. The quantitative estimate of drug-likeness (QED) is 0.845. The summed E-state index contributed by atoms with van der Waals surface area (Å²) in [4.78, 5) is 0. The van der Waals surface area contributed by atoms with Crippen LogP contribution in [0.15, 0.2) is 18.2 Å². The molecule has 0 saturated carbocycles. The van der Waals surface area contributed by atoms with Crippen molar-refractivity contribution in [3.8, 4) is 5.75 Å². The van der Waals surface area contributed by atoms with E-state index in [4.69, 9.17) is 4.74 Å². The van der Waals surface area contributed by atoms with E-state index in [1.165, 1.54) is 43.2 Å². The Balaban J connectivity index is 1.67. The molecule has 1 aromatic carbocycles. The minimum absolute atomic E-state index is 0.407. The number of benzene rings is 1. The summed E-state index contributed by atoms with van der Waals surface area (Å²) in [7, 11) is 0. The van der Waals surface area contributed by atoms with Crippen LogP contribution in [0, 0.1) is 0 Å². The predicted octanol–water partition coefficient (Wildman–Crippen LogP) is 2.70. The number of nitrogens with one attached hydrogen (secondary N) is 1. The van der Waals surface area contributed by atoms with Crippen molar-refractivity contribution in [3.63, 3.8) is 0 Å². The van der Waals surface area contributed by atoms with E-state index in [1.54, 1.807) is 0 Å². The van der Waals surface area contributed by atoms with Crippen LogP contribution >= 0.6 is 0 Å². The van der Waals surface area contributed by atoms with E-state index in [-0.39, 0.29) is 0 Å². The van der Waals surface area contributed by atoms with Gasteiger partial charge in [-0.1, -0.05) is 6.07 Å². The van der Waals surface area contributed by atoms with E-state index < -0.39 is 0 Å². The third-order valence-electron chi connectivity index (χ3n) is 3.90. The van der Waals surface area contributed by atoms with Crippen molar-refractivity contribution in [2.45, 2.75) is 44.6 Å². The summed E-state index contributed by atoms with van der Waals surface area (Å²) in [6.45, 7) is 2.24. The van der Waals surface area contributed by atoms with Gasteiger partial charge >= 0.3 is 0 Å². The molecule has 0 spiro atoms. The Labute approximate surface area is 103 Å². The molecule has 1 unspecified atom stereocenters. The zero-order valence-corrected chi connectivity index (χ0v) is 10.4. The van der Waals surface area contributed by atoms with Crippen molar-refractivity contribution in [1.29, 1.82) is 0 Å². The Morgan fingerprint density at radius 1 is 1.00 bits per heavy atom. The third kappa shape index (κ3) is 2.63. The minimum Gasteiger partial charge on any atom is -0.490 e. The first-order valence-corrected chi connectivity index (χ1v) is 6.91. The fraction of sp³-hybridized carbons (Fsp3) is 0.600. The van der Waals surface area contributed by atoms with Crippen LogP contribution in [0.25, 0.3) is 0 Å². The molecule has 17 heavy (non-hydrogen) atoms. The lowest BCUT2D eigenvalue weighted by Crippen LogP contribution is -2.19. The number of rotatable bonds is 2. The molecule has 1 aliphatic carbocycles.